The van der Waals surface area contributed by atoms with Gasteiger partial charge in [-0.05, 0) is 34.5 Å². The molecule has 0 bridgehead atoms. The molecule has 0 aliphatic heterocycles. The average Bonchev–Trinajstić information content (AvgIpc) is 2.38. The van der Waals surface area contributed by atoms with E-state index in [0.717, 1.165) is 10.0 Å². The van der Waals surface area contributed by atoms with Crippen LogP contribution in [-0.4, -0.2) is 4.98 Å². The summed E-state index contributed by atoms with van der Waals surface area (Å²) in [4.78, 5) is 3.74. The van der Waals surface area contributed by atoms with E-state index in [4.69, 9.17) is 5.84 Å². The zero-order valence-electron chi connectivity index (χ0n) is 9.97. The van der Waals surface area contributed by atoms with Crippen LogP contribution in [0.1, 0.15) is 5.56 Å². The minimum absolute atomic E-state index is 0.111. The van der Waals surface area contributed by atoms with Crippen LogP contribution in [0, 0.1) is 18.6 Å². The second kappa shape index (κ2) is 5.50. The molecule has 0 atom stereocenters. The molecule has 7 heteroatoms. The Bertz CT molecular complexity index is 619. The van der Waals surface area contributed by atoms with Gasteiger partial charge in [-0.25, -0.2) is 19.6 Å². The van der Waals surface area contributed by atoms with E-state index in [1.54, 1.807) is 6.07 Å². The quantitative estimate of drug-likeness (QED) is 0.596. The van der Waals surface area contributed by atoms with Crippen LogP contribution in [0.5, 0.6) is 0 Å². The van der Waals surface area contributed by atoms with Gasteiger partial charge in [-0.2, -0.15) is 0 Å². The Labute approximate surface area is 117 Å². The van der Waals surface area contributed by atoms with Crippen molar-refractivity contribution in [3.8, 4) is 0 Å². The van der Waals surface area contributed by atoms with Crippen molar-refractivity contribution in [3.05, 3.63) is 45.9 Å². The number of hydrogen-bond donors (Lipinski definition) is 3. The zero-order valence-corrected chi connectivity index (χ0v) is 11.6. The van der Waals surface area contributed by atoms with Crippen molar-refractivity contribution in [1.29, 1.82) is 0 Å². The normalized spacial score (nSPS) is 10.4. The molecule has 0 fully saturated rings. The number of hydrazine groups is 1. The lowest BCUT2D eigenvalue weighted by Gasteiger charge is -2.11. The summed E-state index contributed by atoms with van der Waals surface area (Å²) in [7, 11) is 0. The molecule has 1 aromatic heterocycles. The van der Waals surface area contributed by atoms with Crippen molar-refractivity contribution < 1.29 is 8.78 Å². The van der Waals surface area contributed by atoms with Gasteiger partial charge >= 0.3 is 0 Å². The number of hydrogen-bond acceptors (Lipinski definition) is 4. The lowest BCUT2D eigenvalue weighted by atomic mass is 10.2. The van der Waals surface area contributed by atoms with Crippen LogP contribution in [0.15, 0.2) is 28.7 Å². The third-order valence-electron chi connectivity index (χ3n) is 2.51. The van der Waals surface area contributed by atoms with Crippen molar-refractivity contribution in [3.63, 3.8) is 0 Å². The highest BCUT2D eigenvalue weighted by molar-refractivity contribution is 9.10. The Balaban J connectivity index is 2.41. The average molecular weight is 329 g/mol. The molecule has 0 aliphatic carbocycles. The molecule has 0 aliphatic rings. The molecule has 0 spiro atoms. The molecule has 1 aromatic carbocycles. The number of rotatable bonds is 3. The molecule has 0 saturated carbocycles. The lowest BCUT2D eigenvalue weighted by molar-refractivity contribution is 0.579. The summed E-state index contributed by atoms with van der Waals surface area (Å²) in [5.74, 6) is 3.11. The minimum Gasteiger partial charge on any atom is -0.337 e. The zero-order chi connectivity index (χ0) is 14.0. The van der Waals surface area contributed by atoms with Crippen molar-refractivity contribution in [2.45, 2.75) is 6.92 Å². The molecule has 100 valence electrons. The Morgan fingerprint density at radius 2 is 1.89 bits per heavy atom. The number of nitrogens with two attached hydrogens (primary N) is 1. The highest BCUT2D eigenvalue weighted by Crippen LogP contribution is 2.29. The molecule has 19 heavy (non-hydrogen) atoms. The smallest absolute Gasteiger partial charge is 0.178 e. The van der Waals surface area contributed by atoms with Crippen molar-refractivity contribution in [1.82, 2.24) is 4.98 Å². The van der Waals surface area contributed by atoms with E-state index in [-0.39, 0.29) is 11.6 Å². The number of aryl methyl sites for hydroxylation is 1. The molecule has 2 aromatic rings. The number of nitrogens with zero attached hydrogens (tertiary/aromatic N) is 1. The summed E-state index contributed by atoms with van der Waals surface area (Å²) in [5, 5.41) is 2.79. The highest BCUT2D eigenvalue weighted by atomic mass is 79.9. The minimum atomic E-state index is -0.853. The Hall–Kier alpha value is -1.73. The molecular weight excluding hydrogens is 318 g/mol. The maximum atomic E-state index is 13.6. The molecule has 4 nitrogen and oxygen atoms in total. The van der Waals surface area contributed by atoms with E-state index in [2.05, 4.69) is 31.7 Å². The van der Waals surface area contributed by atoms with Crippen LogP contribution in [0.2, 0.25) is 0 Å². The van der Waals surface area contributed by atoms with E-state index in [9.17, 15) is 8.78 Å². The van der Waals surface area contributed by atoms with Gasteiger partial charge in [0.15, 0.2) is 23.3 Å². The number of benzene rings is 1. The molecular formula is C12H11BrF2N4. The van der Waals surface area contributed by atoms with Gasteiger partial charge in [-0.1, -0.05) is 12.1 Å². The number of aromatic nitrogens is 1. The van der Waals surface area contributed by atoms with E-state index < -0.39 is 11.6 Å². The topological polar surface area (TPSA) is 63.0 Å². The Morgan fingerprint density at radius 3 is 2.58 bits per heavy atom. The van der Waals surface area contributed by atoms with E-state index in [1.165, 1.54) is 0 Å². The van der Waals surface area contributed by atoms with Crippen molar-refractivity contribution >= 4 is 33.3 Å². The van der Waals surface area contributed by atoms with Gasteiger partial charge in [-0.3, -0.25) is 0 Å². The van der Waals surface area contributed by atoms with Crippen LogP contribution < -0.4 is 16.6 Å². The van der Waals surface area contributed by atoms with Gasteiger partial charge < -0.3 is 10.7 Å². The fourth-order valence-electron chi connectivity index (χ4n) is 1.53. The first kappa shape index (κ1) is 13.7. The predicted molar refractivity (Wildman–Crippen MR) is 74.1 cm³/mol. The number of nitrogens with one attached hydrogen (secondary N) is 2. The summed E-state index contributed by atoms with van der Waals surface area (Å²) in [5.41, 5.74) is 3.67. The van der Waals surface area contributed by atoms with E-state index >= 15 is 0 Å². The summed E-state index contributed by atoms with van der Waals surface area (Å²) < 4.78 is 27.6. The third kappa shape index (κ3) is 2.82. The van der Waals surface area contributed by atoms with Crippen LogP contribution in [-0.2, 0) is 0 Å². The van der Waals surface area contributed by atoms with Gasteiger partial charge in [0.05, 0.1) is 5.69 Å². The monoisotopic (exact) mass is 328 g/mol. The standard InChI is InChI=1S/C12H11BrF2N4/c1-6-3-2-4-9(10(6)13)17-11-7(14)5-8(15)12(18-11)19-16/h2-5H,16H2,1H3,(H2,17,18,19). The largest absolute Gasteiger partial charge is 0.337 e. The highest BCUT2D eigenvalue weighted by Gasteiger charge is 2.12. The third-order valence-corrected chi connectivity index (χ3v) is 3.56. The van der Waals surface area contributed by atoms with Gasteiger partial charge in [-0.15, -0.1) is 0 Å². The summed E-state index contributed by atoms with van der Waals surface area (Å²) in [6.45, 7) is 1.90. The molecule has 2 rings (SSSR count). The molecule has 0 unspecified atom stereocenters. The second-order valence-corrected chi connectivity index (χ2v) is 4.65. The summed E-state index contributed by atoms with van der Waals surface area (Å²) >= 11 is 3.39. The Kier molecular flexibility index (Phi) is 3.96. The van der Waals surface area contributed by atoms with Gasteiger partial charge in [0.25, 0.3) is 0 Å². The maximum absolute atomic E-state index is 13.6. The summed E-state index contributed by atoms with van der Waals surface area (Å²) in [6.07, 6.45) is 0. The van der Waals surface area contributed by atoms with Crippen LogP contribution in [0.25, 0.3) is 0 Å². The SMILES string of the molecule is Cc1cccc(Nc2nc(NN)c(F)cc2F)c1Br. The first-order chi connectivity index (χ1) is 9.02. The maximum Gasteiger partial charge on any atom is 0.178 e. The predicted octanol–water partition coefficient (Wildman–Crippen LogP) is 3.46. The number of pyridine rings is 1. The van der Waals surface area contributed by atoms with Gasteiger partial charge in [0, 0.05) is 10.5 Å². The molecule has 0 radical (unpaired) electrons. The number of nitrogen functional groups attached to an aromatic ring is 1. The van der Waals surface area contributed by atoms with Gasteiger partial charge in [0.1, 0.15) is 0 Å². The van der Waals surface area contributed by atoms with Gasteiger partial charge in [0.2, 0.25) is 0 Å². The molecule has 0 saturated heterocycles. The fraction of sp³-hybridized carbons (Fsp3) is 0.0833. The second-order valence-electron chi connectivity index (χ2n) is 3.86. The van der Waals surface area contributed by atoms with E-state index in [0.29, 0.717) is 11.8 Å². The molecule has 4 N–H and O–H groups in total. The first-order valence-corrected chi connectivity index (χ1v) is 6.17. The summed E-state index contributed by atoms with van der Waals surface area (Å²) in [6, 6.07) is 6.17. The van der Waals surface area contributed by atoms with E-state index in [1.807, 2.05) is 19.1 Å². The number of anilines is 3. The molecule has 1 heterocycles. The van der Waals surface area contributed by atoms with Crippen molar-refractivity contribution in [2.75, 3.05) is 10.7 Å². The molecule has 0 amide bonds. The Morgan fingerprint density at radius 1 is 1.21 bits per heavy atom. The lowest BCUT2D eigenvalue weighted by Crippen LogP contribution is -2.12. The van der Waals surface area contributed by atoms with Crippen LogP contribution >= 0.6 is 15.9 Å². The van der Waals surface area contributed by atoms with Crippen LogP contribution in [0.3, 0.4) is 0 Å². The number of halogens is 3. The first-order valence-electron chi connectivity index (χ1n) is 5.37. The fourth-order valence-corrected chi connectivity index (χ4v) is 1.89. The van der Waals surface area contributed by atoms with Crippen molar-refractivity contribution in [2.24, 2.45) is 5.84 Å². The van der Waals surface area contributed by atoms with Crippen LogP contribution in [0.4, 0.5) is 26.1 Å².